The van der Waals surface area contributed by atoms with E-state index in [4.69, 9.17) is 8.83 Å². The summed E-state index contributed by atoms with van der Waals surface area (Å²) in [4.78, 5) is 0. The van der Waals surface area contributed by atoms with E-state index in [0.717, 1.165) is 38.5 Å². The molecule has 0 unspecified atom stereocenters. The Labute approximate surface area is 250 Å². The lowest BCUT2D eigenvalue weighted by Gasteiger charge is -2.18. The fraction of sp³-hybridized carbons (Fsp3) is 0. The fourth-order valence-electron chi connectivity index (χ4n) is 7.13. The van der Waals surface area contributed by atoms with Gasteiger partial charge in [-0.05, 0) is 80.2 Å². The second-order valence-electron chi connectivity index (χ2n) is 11.2. The second kappa shape index (κ2) is 8.57. The van der Waals surface area contributed by atoms with Crippen molar-refractivity contribution >= 4 is 86.0 Å². The van der Waals surface area contributed by atoms with Crippen LogP contribution < -0.4 is 0 Å². The van der Waals surface area contributed by atoms with E-state index in [1.54, 1.807) is 6.26 Å². The lowest BCUT2D eigenvalue weighted by Crippen LogP contribution is -1.91. The highest BCUT2D eigenvalue weighted by Gasteiger charge is 2.20. The maximum Gasteiger partial charge on any atom is 0.178 e. The molecule has 0 N–H and O–H groups in total. The van der Waals surface area contributed by atoms with Gasteiger partial charge in [0, 0.05) is 36.3 Å². The predicted octanol–water partition coefficient (Wildman–Crippen LogP) is 12.3. The molecule has 2 nitrogen and oxygen atoms in total. The summed E-state index contributed by atoms with van der Waals surface area (Å²) < 4.78 is 14.9. The Morgan fingerprint density at radius 1 is 0.465 bits per heavy atom. The zero-order valence-electron chi connectivity index (χ0n) is 22.9. The second-order valence-corrected chi connectivity index (χ2v) is 12.3. The molecule has 0 fully saturated rings. The quantitative estimate of drug-likeness (QED) is 0.195. The minimum atomic E-state index is 0.797. The minimum absolute atomic E-state index is 0.797. The number of fused-ring (bicyclic) bond motifs is 10. The van der Waals surface area contributed by atoms with Crippen molar-refractivity contribution in [3.8, 4) is 22.3 Å². The van der Waals surface area contributed by atoms with Gasteiger partial charge in [-0.3, -0.25) is 0 Å². The van der Waals surface area contributed by atoms with Gasteiger partial charge >= 0.3 is 0 Å². The molecule has 10 aromatic rings. The summed E-state index contributed by atoms with van der Waals surface area (Å²) in [6.07, 6.45) is 1.72. The van der Waals surface area contributed by atoms with Gasteiger partial charge in [-0.25, -0.2) is 0 Å². The van der Waals surface area contributed by atoms with Crippen LogP contribution in [0.25, 0.3) is 96.9 Å². The number of benzene rings is 7. The molecule has 10 rings (SSSR count). The molecule has 0 amide bonds. The average Bonchev–Trinajstić information content (AvgIpc) is 3.78. The van der Waals surface area contributed by atoms with Crippen molar-refractivity contribution in [1.82, 2.24) is 0 Å². The van der Waals surface area contributed by atoms with Crippen molar-refractivity contribution in [2.75, 3.05) is 0 Å². The van der Waals surface area contributed by atoms with Crippen molar-refractivity contribution in [3.05, 3.63) is 134 Å². The van der Waals surface area contributed by atoms with E-state index < -0.39 is 0 Å². The van der Waals surface area contributed by atoms with Crippen LogP contribution in [0.5, 0.6) is 0 Å². The molecule has 0 spiro atoms. The molecule has 0 saturated heterocycles. The Balaban J connectivity index is 1.31. The molecule has 0 aliphatic heterocycles. The third-order valence-electron chi connectivity index (χ3n) is 8.95. The van der Waals surface area contributed by atoms with E-state index in [1.165, 1.54) is 58.4 Å². The van der Waals surface area contributed by atoms with Crippen molar-refractivity contribution < 1.29 is 8.83 Å². The Kier molecular flexibility index (Phi) is 4.63. The van der Waals surface area contributed by atoms with Crippen LogP contribution in [0, 0.1) is 0 Å². The normalized spacial score (nSPS) is 12.2. The van der Waals surface area contributed by atoms with Crippen LogP contribution in [0.4, 0.5) is 0 Å². The smallest absolute Gasteiger partial charge is 0.178 e. The first-order valence-corrected chi connectivity index (χ1v) is 15.3. The maximum atomic E-state index is 6.49. The lowest BCUT2D eigenvalue weighted by atomic mass is 9.85. The van der Waals surface area contributed by atoms with Crippen molar-refractivity contribution in [1.29, 1.82) is 0 Å². The van der Waals surface area contributed by atoms with Gasteiger partial charge in [-0.15, -0.1) is 11.3 Å². The Bertz CT molecular complexity index is 2680. The topological polar surface area (TPSA) is 26.3 Å². The molecule has 7 aromatic carbocycles. The monoisotopic (exact) mass is 566 g/mol. The van der Waals surface area contributed by atoms with Crippen LogP contribution in [-0.2, 0) is 0 Å². The van der Waals surface area contributed by atoms with Crippen LogP contribution in [0.1, 0.15) is 0 Å². The zero-order valence-corrected chi connectivity index (χ0v) is 23.7. The molecular weight excluding hydrogens is 545 g/mol. The molecule has 0 radical (unpaired) electrons. The van der Waals surface area contributed by atoms with Crippen LogP contribution >= 0.6 is 11.3 Å². The molecule has 0 saturated carbocycles. The van der Waals surface area contributed by atoms with Gasteiger partial charge in [0.15, 0.2) is 11.2 Å². The van der Waals surface area contributed by atoms with Crippen LogP contribution in [0.15, 0.2) is 142 Å². The van der Waals surface area contributed by atoms with Crippen LogP contribution in [-0.4, -0.2) is 0 Å². The van der Waals surface area contributed by atoms with Gasteiger partial charge in [0.2, 0.25) is 0 Å². The Morgan fingerprint density at radius 3 is 1.93 bits per heavy atom. The summed E-state index contributed by atoms with van der Waals surface area (Å²) in [6, 6.07) is 46.1. The number of thiophene rings is 1. The largest absolute Gasteiger partial charge is 0.460 e. The van der Waals surface area contributed by atoms with Crippen molar-refractivity contribution in [2.45, 2.75) is 0 Å². The van der Waals surface area contributed by atoms with Crippen molar-refractivity contribution in [2.24, 2.45) is 0 Å². The molecule has 3 heteroatoms. The summed E-state index contributed by atoms with van der Waals surface area (Å²) in [5.41, 5.74) is 7.39. The minimum Gasteiger partial charge on any atom is -0.460 e. The van der Waals surface area contributed by atoms with Gasteiger partial charge < -0.3 is 8.83 Å². The van der Waals surface area contributed by atoms with Gasteiger partial charge in [0.25, 0.3) is 0 Å². The first kappa shape index (κ1) is 23.2. The predicted molar refractivity (Wildman–Crippen MR) is 182 cm³/mol. The first-order chi connectivity index (χ1) is 21.3. The number of hydrogen-bond donors (Lipinski definition) is 0. The molecule has 3 aromatic heterocycles. The van der Waals surface area contributed by atoms with E-state index in [0.29, 0.717) is 0 Å². The van der Waals surface area contributed by atoms with Gasteiger partial charge in [-0.1, -0.05) is 91.0 Å². The fourth-order valence-corrected chi connectivity index (χ4v) is 8.26. The summed E-state index contributed by atoms with van der Waals surface area (Å²) in [7, 11) is 0. The molecule has 43 heavy (non-hydrogen) atoms. The Morgan fingerprint density at radius 2 is 1.14 bits per heavy atom. The molecule has 200 valence electrons. The summed E-state index contributed by atoms with van der Waals surface area (Å²) >= 11 is 1.87. The van der Waals surface area contributed by atoms with Gasteiger partial charge in [-0.2, -0.15) is 0 Å². The highest BCUT2D eigenvalue weighted by atomic mass is 32.1. The van der Waals surface area contributed by atoms with Crippen LogP contribution in [0.3, 0.4) is 0 Å². The molecular formula is C40H22O2S. The van der Waals surface area contributed by atoms with Crippen molar-refractivity contribution in [3.63, 3.8) is 0 Å². The Hall–Kier alpha value is -5.38. The number of furan rings is 2. The summed E-state index contributed by atoms with van der Waals surface area (Å²) in [6.45, 7) is 0. The average molecular weight is 567 g/mol. The van der Waals surface area contributed by atoms with E-state index in [9.17, 15) is 0 Å². The van der Waals surface area contributed by atoms with E-state index in [1.807, 2.05) is 17.4 Å². The SMILES string of the molecule is c1ccc2c(c1)sc1cccc(-c3c4ccccc4c(-c4ccc5c(c4)oc4c5ccc5ccoc54)c4ccccc34)c12. The molecule has 3 heterocycles. The van der Waals surface area contributed by atoms with E-state index >= 15 is 0 Å². The van der Waals surface area contributed by atoms with Gasteiger partial charge in [0.05, 0.1) is 6.26 Å². The summed E-state index contributed by atoms with van der Waals surface area (Å²) in [5, 5.41) is 10.8. The third-order valence-corrected chi connectivity index (χ3v) is 10.1. The number of rotatable bonds is 2. The highest BCUT2D eigenvalue weighted by Crippen LogP contribution is 2.48. The lowest BCUT2D eigenvalue weighted by molar-refractivity contribution is 0.600. The van der Waals surface area contributed by atoms with E-state index in [-0.39, 0.29) is 0 Å². The highest BCUT2D eigenvalue weighted by molar-refractivity contribution is 7.25. The van der Waals surface area contributed by atoms with E-state index in [2.05, 4.69) is 121 Å². The molecule has 0 aliphatic carbocycles. The maximum absolute atomic E-state index is 6.49. The molecule has 0 atom stereocenters. The molecule has 0 bridgehead atoms. The third kappa shape index (κ3) is 3.17. The first-order valence-electron chi connectivity index (χ1n) is 14.5. The standard InChI is InChI=1S/C40H22O2S/c1-3-10-28-26(8-1)36(24-17-18-25-30-19-16-23-20-21-41-39(23)40(30)42-33(25)22-24)27-9-2-4-11-29(27)37(28)32-13-7-15-35-38(32)31-12-5-6-14-34(31)43-35/h1-22H. The van der Waals surface area contributed by atoms with Gasteiger partial charge in [0.1, 0.15) is 5.58 Å². The zero-order chi connectivity index (χ0) is 28.1. The molecule has 0 aliphatic rings. The number of hydrogen-bond acceptors (Lipinski definition) is 3. The summed E-state index contributed by atoms with van der Waals surface area (Å²) in [5.74, 6) is 0. The van der Waals surface area contributed by atoms with Crippen LogP contribution in [0.2, 0.25) is 0 Å².